The number of hydrogen-bond donors (Lipinski definition) is 1. The van der Waals surface area contributed by atoms with Gasteiger partial charge in [0.2, 0.25) is 5.91 Å². The Morgan fingerprint density at radius 1 is 0.962 bits per heavy atom. The van der Waals surface area contributed by atoms with Gasteiger partial charge in [-0.25, -0.2) is 0 Å². The molecule has 2 rings (SSSR count). The van der Waals surface area contributed by atoms with E-state index in [1.165, 1.54) is 0 Å². The van der Waals surface area contributed by atoms with Crippen molar-refractivity contribution in [2.75, 3.05) is 53.4 Å². The fourth-order valence-electron chi connectivity index (χ4n) is 2.87. The van der Waals surface area contributed by atoms with Crippen molar-refractivity contribution in [3.8, 4) is 0 Å². The first kappa shape index (κ1) is 19.9. The second-order valence-electron chi connectivity index (χ2n) is 6.79. The number of piperazine rings is 1. The maximum absolute atomic E-state index is 12.5. The van der Waals surface area contributed by atoms with Crippen molar-refractivity contribution in [3.05, 3.63) is 35.4 Å². The van der Waals surface area contributed by atoms with Crippen molar-refractivity contribution in [3.63, 3.8) is 0 Å². The molecule has 0 radical (unpaired) electrons. The Bertz CT molecular complexity index is 635. The van der Waals surface area contributed by atoms with Crippen LogP contribution in [0, 0.1) is 0 Å². The number of rotatable bonds is 6. The number of nitrogens with zero attached hydrogens (tertiary/aromatic N) is 3. The molecule has 142 valence electrons. The molecular weight excluding hydrogens is 332 g/mol. The molecule has 1 N–H and O–H groups in total. The van der Waals surface area contributed by atoms with E-state index in [-0.39, 0.29) is 17.7 Å². The molecule has 0 bridgehead atoms. The molecule has 26 heavy (non-hydrogen) atoms. The van der Waals surface area contributed by atoms with Gasteiger partial charge in [-0.1, -0.05) is 0 Å². The van der Waals surface area contributed by atoms with Crippen LogP contribution in [0.4, 0.5) is 0 Å². The minimum Gasteiger partial charge on any atom is -0.352 e. The van der Waals surface area contributed by atoms with Gasteiger partial charge in [-0.2, -0.15) is 0 Å². The Balaban J connectivity index is 1.85. The largest absolute Gasteiger partial charge is 0.352 e. The van der Waals surface area contributed by atoms with Crippen LogP contribution in [0.25, 0.3) is 0 Å². The standard InChI is InChI=1S/C19H28N4O3/c1-15(24)22-11-13-23(14-12-22)19(26)17-7-5-16(6-8-17)18(25)20-9-4-10-21(2)3/h5-8H,4,9-14H2,1-3H3,(H,20,25). The highest BCUT2D eigenvalue weighted by Gasteiger charge is 2.23. The summed E-state index contributed by atoms with van der Waals surface area (Å²) in [6.45, 7) is 5.28. The Kier molecular flexibility index (Phi) is 7.15. The van der Waals surface area contributed by atoms with Gasteiger partial charge in [0, 0.05) is 50.8 Å². The highest BCUT2D eigenvalue weighted by atomic mass is 16.2. The summed E-state index contributed by atoms with van der Waals surface area (Å²) in [5.41, 5.74) is 1.11. The Morgan fingerprint density at radius 3 is 2.04 bits per heavy atom. The highest BCUT2D eigenvalue weighted by Crippen LogP contribution is 2.11. The molecule has 0 atom stereocenters. The lowest BCUT2D eigenvalue weighted by molar-refractivity contribution is -0.130. The highest BCUT2D eigenvalue weighted by molar-refractivity contribution is 5.97. The molecule has 0 unspecified atom stereocenters. The van der Waals surface area contributed by atoms with E-state index in [4.69, 9.17) is 0 Å². The van der Waals surface area contributed by atoms with Crippen LogP contribution in [0.3, 0.4) is 0 Å². The van der Waals surface area contributed by atoms with Crippen LogP contribution in [-0.2, 0) is 4.79 Å². The topological polar surface area (TPSA) is 73.0 Å². The van der Waals surface area contributed by atoms with Gasteiger partial charge < -0.3 is 20.0 Å². The first-order chi connectivity index (χ1) is 12.4. The second kappa shape index (κ2) is 9.33. The fraction of sp³-hybridized carbons (Fsp3) is 0.526. The number of nitrogens with one attached hydrogen (secondary N) is 1. The minimum absolute atomic E-state index is 0.0399. The summed E-state index contributed by atoms with van der Waals surface area (Å²) in [7, 11) is 4.00. The third-order valence-electron chi connectivity index (χ3n) is 4.47. The van der Waals surface area contributed by atoms with Gasteiger partial charge in [-0.05, 0) is 51.3 Å². The van der Waals surface area contributed by atoms with Gasteiger partial charge in [0.05, 0.1) is 0 Å². The molecule has 1 saturated heterocycles. The summed E-state index contributed by atoms with van der Waals surface area (Å²) in [5.74, 6) is -0.151. The zero-order valence-electron chi connectivity index (χ0n) is 15.8. The predicted molar refractivity (Wildman–Crippen MR) is 100 cm³/mol. The van der Waals surface area contributed by atoms with Gasteiger partial charge in [-0.3, -0.25) is 14.4 Å². The molecule has 1 heterocycles. The van der Waals surface area contributed by atoms with E-state index < -0.39 is 0 Å². The first-order valence-corrected chi connectivity index (χ1v) is 8.96. The maximum atomic E-state index is 12.5. The summed E-state index contributed by atoms with van der Waals surface area (Å²) in [6, 6.07) is 6.74. The summed E-state index contributed by atoms with van der Waals surface area (Å²) < 4.78 is 0. The average molecular weight is 360 g/mol. The zero-order valence-corrected chi connectivity index (χ0v) is 15.8. The Labute approximate surface area is 154 Å². The van der Waals surface area contributed by atoms with Crippen molar-refractivity contribution in [2.45, 2.75) is 13.3 Å². The smallest absolute Gasteiger partial charge is 0.253 e. The normalized spacial score (nSPS) is 14.5. The molecule has 0 aromatic heterocycles. The van der Waals surface area contributed by atoms with Crippen LogP contribution >= 0.6 is 0 Å². The first-order valence-electron chi connectivity index (χ1n) is 8.96. The van der Waals surface area contributed by atoms with E-state index in [1.54, 1.807) is 41.0 Å². The molecule has 1 fully saturated rings. The van der Waals surface area contributed by atoms with Crippen LogP contribution in [0.5, 0.6) is 0 Å². The second-order valence-corrected chi connectivity index (χ2v) is 6.79. The van der Waals surface area contributed by atoms with Crippen molar-refractivity contribution >= 4 is 17.7 Å². The quantitative estimate of drug-likeness (QED) is 0.757. The Hall–Kier alpha value is -2.41. The van der Waals surface area contributed by atoms with E-state index in [9.17, 15) is 14.4 Å². The van der Waals surface area contributed by atoms with Gasteiger partial charge >= 0.3 is 0 Å². The molecule has 1 aromatic rings. The van der Waals surface area contributed by atoms with Crippen LogP contribution < -0.4 is 5.32 Å². The molecule has 1 aromatic carbocycles. The molecule has 1 aliphatic rings. The van der Waals surface area contributed by atoms with E-state index >= 15 is 0 Å². The van der Waals surface area contributed by atoms with E-state index in [0.717, 1.165) is 13.0 Å². The predicted octanol–water partition coefficient (Wildman–Crippen LogP) is 0.672. The monoisotopic (exact) mass is 360 g/mol. The van der Waals surface area contributed by atoms with Crippen LogP contribution in [0.2, 0.25) is 0 Å². The molecule has 0 spiro atoms. The lowest BCUT2D eigenvalue weighted by atomic mass is 10.1. The van der Waals surface area contributed by atoms with E-state index in [1.807, 2.05) is 14.1 Å². The van der Waals surface area contributed by atoms with Gasteiger partial charge in [-0.15, -0.1) is 0 Å². The molecule has 7 heteroatoms. The van der Waals surface area contributed by atoms with Crippen molar-refractivity contribution in [1.82, 2.24) is 20.0 Å². The summed E-state index contributed by atoms with van der Waals surface area (Å²) >= 11 is 0. The number of hydrogen-bond acceptors (Lipinski definition) is 4. The van der Waals surface area contributed by atoms with Gasteiger partial charge in [0.25, 0.3) is 11.8 Å². The third kappa shape index (κ3) is 5.56. The molecule has 0 aliphatic carbocycles. The summed E-state index contributed by atoms with van der Waals surface area (Å²) in [6.07, 6.45) is 0.890. The minimum atomic E-state index is -0.127. The maximum Gasteiger partial charge on any atom is 0.253 e. The lowest BCUT2D eigenvalue weighted by Gasteiger charge is -2.34. The van der Waals surface area contributed by atoms with Gasteiger partial charge in [0.1, 0.15) is 0 Å². The summed E-state index contributed by atoms with van der Waals surface area (Å²) in [4.78, 5) is 41.6. The number of carbonyl (C=O) groups excluding carboxylic acids is 3. The molecule has 3 amide bonds. The van der Waals surface area contributed by atoms with E-state index in [2.05, 4.69) is 10.2 Å². The number of amides is 3. The molecular formula is C19H28N4O3. The lowest BCUT2D eigenvalue weighted by Crippen LogP contribution is -2.50. The van der Waals surface area contributed by atoms with Crippen molar-refractivity contribution < 1.29 is 14.4 Å². The van der Waals surface area contributed by atoms with Crippen LogP contribution in [0.15, 0.2) is 24.3 Å². The molecule has 0 saturated carbocycles. The number of benzene rings is 1. The summed E-state index contributed by atoms with van der Waals surface area (Å²) in [5, 5.41) is 2.88. The van der Waals surface area contributed by atoms with Gasteiger partial charge in [0.15, 0.2) is 0 Å². The average Bonchev–Trinajstić information content (AvgIpc) is 2.64. The fourth-order valence-corrected chi connectivity index (χ4v) is 2.87. The molecule has 7 nitrogen and oxygen atoms in total. The molecule has 1 aliphatic heterocycles. The van der Waals surface area contributed by atoms with Crippen LogP contribution in [-0.4, -0.2) is 85.8 Å². The third-order valence-corrected chi connectivity index (χ3v) is 4.47. The zero-order chi connectivity index (χ0) is 19.1. The SMILES string of the molecule is CC(=O)N1CCN(C(=O)c2ccc(C(=O)NCCCN(C)C)cc2)CC1. The van der Waals surface area contributed by atoms with Crippen LogP contribution in [0.1, 0.15) is 34.1 Å². The van der Waals surface area contributed by atoms with Crippen molar-refractivity contribution in [2.24, 2.45) is 0 Å². The number of carbonyl (C=O) groups is 3. The van der Waals surface area contributed by atoms with Crippen molar-refractivity contribution in [1.29, 1.82) is 0 Å². The van der Waals surface area contributed by atoms with E-state index in [0.29, 0.717) is 43.9 Å². The Morgan fingerprint density at radius 2 is 1.50 bits per heavy atom.